The predicted molar refractivity (Wildman–Crippen MR) is 79.2 cm³/mol. The summed E-state index contributed by atoms with van der Waals surface area (Å²) in [6.45, 7) is 6.38. The molecule has 1 aliphatic carbocycles. The van der Waals surface area contributed by atoms with Crippen molar-refractivity contribution in [3.05, 3.63) is 40.6 Å². The van der Waals surface area contributed by atoms with Crippen LogP contribution in [0.25, 0.3) is 10.9 Å². The number of hydrogen-bond acceptors (Lipinski definition) is 2. The highest BCUT2D eigenvalue weighted by atomic mass is 16.4. The van der Waals surface area contributed by atoms with E-state index in [0.29, 0.717) is 5.56 Å². The summed E-state index contributed by atoms with van der Waals surface area (Å²) >= 11 is 0. The molecule has 0 radical (unpaired) electrons. The minimum Gasteiger partial charge on any atom is -0.478 e. The van der Waals surface area contributed by atoms with Crippen LogP contribution in [0.15, 0.2) is 18.2 Å². The molecule has 0 unspecified atom stereocenters. The summed E-state index contributed by atoms with van der Waals surface area (Å²) in [4.78, 5) is 16.5. The number of aryl methyl sites for hydroxylation is 2. The number of fused-ring (bicyclic) bond motifs is 2. The lowest BCUT2D eigenvalue weighted by Crippen LogP contribution is -2.25. The zero-order valence-corrected chi connectivity index (χ0v) is 12.2. The molecule has 20 heavy (non-hydrogen) atoms. The van der Waals surface area contributed by atoms with Crippen molar-refractivity contribution in [3.63, 3.8) is 0 Å². The van der Waals surface area contributed by atoms with Gasteiger partial charge >= 0.3 is 5.97 Å². The molecule has 0 amide bonds. The van der Waals surface area contributed by atoms with E-state index in [4.69, 9.17) is 4.98 Å². The average molecular weight is 269 g/mol. The van der Waals surface area contributed by atoms with Gasteiger partial charge in [-0.1, -0.05) is 32.0 Å². The van der Waals surface area contributed by atoms with Gasteiger partial charge in [-0.15, -0.1) is 0 Å². The second-order valence-electron chi connectivity index (χ2n) is 6.53. The van der Waals surface area contributed by atoms with E-state index in [1.807, 2.05) is 25.1 Å². The van der Waals surface area contributed by atoms with E-state index in [-0.39, 0.29) is 5.41 Å². The van der Waals surface area contributed by atoms with Gasteiger partial charge in [0.2, 0.25) is 0 Å². The largest absolute Gasteiger partial charge is 0.478 e. The first kappa shape index (κ1) is 13.1. The lowest BCUT2D eigenvalue weighted by Gasteiger charge is -2.32. The number of pyridine rings is 1. The number of nitrogens with zero attached hydrogens (tertiary/aromatic N) is 1. The number of aromatic nitrogens is 1. The Bertz CT molecular complexity index is 716. The Morgan fingerprint density at radius 2 is 2.10 bits per heavy atom. The summed E-state index contributed by atoms with van der Waals surface area (Å²) in [6, 6.07) is 5.77. The van der Waals surface area contributed by atoms with Crippen molar-refractivity contribution in [1.82, 2.24) is 4.98 Å². The molecule has 0 bridgehead atoms. The maximum atomic E-state index is 11.8. The van der Waals surface area contributed by atoms with Crippen LogP contribution in [-0.4, -0.2) is 16.1 Å². The highest BCUT2D eigenvalue weighted by molar-refractivity contribution is 6.05. The van der Waals surface area contributed by atoms with Crippen LogP contribution in [0.5, 0.6) is 0 Å². The first-order chi connectivity index (χ1) is 9.39. The molecular weight excluding hydrogens is 250 g/mol. The molecule has 3 nitrogen and oxygen atoms in total. The van der Waals surface area contributed by atoms with Gasteiger partial charge in [-0.2, -0.15) is 0 Å². The molecule has 3 heteroatoms. The summed E-state index contributed by atoms with van der Waals surface area (Å²) in [7, 11) is 0. The number of aromatic carboxylic acids is 1. The fourth-order valence-corrected chi connectivity index (χ4v) is 3.18. The number of carbonyl (C=O) groups is 1. The van der Waals surface area contributed by atoms with Crippen LogP contribution in [0.4, 0.5) is 0 Å². The summed E-state index contributed by atoms with van der Waals surface area (Å²) in [5, 5.41) is 10.4. The maximum Gasteiger partial charge on any atom is 0.336 e. The normalized spacial score (nSPS) is 16.9. The van der Waals surface area contributed by atoms with E-state index in [2.05, 4.69) is 13.8 Å². The van der Waals surface area contributed by atoms with E-state index in [1.165, 1.54) is 0 Å². The third-order valence-corrected chi connectivity index (χ3v) is 4.31. The lowest BCUT2D eigenvalue weighted by atomic mass is 9.74. The quantitative estimate of drug-likeness (QED) is 0.857. The molecular formula is C17H19NO2. The topological polar surface area (TPSA) is 50.2 Å². The monoisotopic (exact) mass is 269 g/mol. The first-order valence-electron chi connectivity index (χ1n) is 7.03. The van der Waals surface area contributed by atoms with Gasteiger partial charge in [0.05, 0.1) is 11.1 Å². The Balaban J connectivity index is 2.38. The van der Waals surface area contributed by atoms with Crippen LogP contribution >= 0.6 is 0 Å². The van der Waals surface area contributed by atoms with Crippen molar-refractivity contribution in [2.24, 2.45) is 5.41 Å². The minimum absolute atomic E-state index is 0.149. The van der Waals surface area contributed by atoms with Gasteiger partial charge in [-0.05, 0) is 42.7 Å². The van der Waals surface area contributed by atoms with Gasteiger partial charge in [0.1, 0.15) is 0 Å². The van der Waals surface area contributed by atoms with Crippen LogP contribution in [0.1, 0.15) is 47.4 Å². The number of hydrogen-bond donors (Lipinski definition) is 1. The van der Waals surface area contributed by atoms with Gasteiger partial charge in [-0.25, -0.2) is 4.79 Å². The highest BCUT2D eigenvalue weighted by Crippen LogP contribution is 2.38. The summed E-state index contributed by atoms with van der Waals surface area (Å²) in [5.41, 5.74) is 4.40. The molecule has 1 N–H and O–H groups in total. The third kappa shape index (κ3) is 1.98. The van der Waals surface area contributed by atoms with Gasteiger partial charge in [0.25, 0.3) is 0 Å². The summed E-state index contributed by atoms with van der Waals surface area (Å²) < 4.78 is 0. The molecule has 1 aromatic heterocycles. The van der Waals surface area contributed by atoms with E-state index in [9.17, 15) is 9.90 Å². The molecule has 1 aliphatic rings. The number of para-hydroxylation sites is 1. The summed E-state index contributed by atoms with van der Waals surface area (Å²) in [5.74, 6) is -0.836. The zero-order chi connectivity index (χ0) is 14.5. The van der Waals surface area contributed by atoms with Crippen LogP contribution in [-0.2, 0) is 12.8 Å². The fraction of sp³-hybridized carbons (Fsp3) is 0.412. The van der Waals surface area contributed by atoms with Crippen molar-refractivity contribution >= 4 is 16.9 Å². The van der Waals surface area contributed by atoms with Gasteiger partial charge in [0, 0.05) is 11.1 Å². The van der Waals surface area contributed by atoms with Crippen molar-refractivity contribution in [2.75, 3.05) is 0 Å². The Morgan fingerprint density at radius 3 is 2.80 bits per heavy atom. The number of benzene rings is 1. The minimum atomic E-state index is -0.836. The summed E-state index contributed by atoms with van der Waals surface area (Å²) in [6.07, 6.45) is 2.72. The van der Waals surface area contributed by atoms with Crippen LogP contribution in [0, 0.1) is 12.3 Å². The maximum absolute atomic E-state index is 11.8. The van der Waals surface area contributed by atoms with Crippen molar-refractivity contribution in [2.45, 2.75) is 40.0 Å². The Morgan fingerprint density at radius 1 is 1.35 bits per heavy atom. The SMILES string of the molecule is Cc1cccc2c(C(=O)O)c3c(nc12)CCC(C)(C)C3. The van der Waals surface area contributed by atoms with E-state index < -0.39 is 5.97 Å². The second kappa shape index (κ2) is 4.30. The standard InChI is InChI=1S/C17H19NO2/c1-10-5-4-6-11-14(16(19)20)12-9-17(2,3)8-7-13(12)18-15(10)11/h4-6H,7-9H2,1-3H3,(H,19,20). The Labute approximate surface area is 118 Å². The predicted octanol–water partition coefficient (Wildman–Crippen LogP) is 3.76. The Kier molecular flexibility index (Phi) is 2.82. The molecule has 3 rings (SSSR count). The molecule has 0 saturated carbocycles. The molecule has 0 fully saturated rings. The molecule has 104 valence electrons. The van der Waals surface area contributed by atoms with Crippen LogP contribution in [0.2, 0.25) is 0 Å². The molecule has 0 spiro atoms. The van der Waals surface area contributed by atoms with Crippen molar-refractivity contribution < 1.29 is 9.90 Å². The van der Waals surface area contributed by atoms with Gasteiger partial charge in [0.15, 0.2) is 0 Å². The second-order valence-corrected chi connectivity index (χ2v) is 6.53. The number of rotatable bonds is 1. The molecule has 0 atom stereocenters. The van der Waals surface area contributed by atoms with Crippen molar-refractivity contribution in [3.8, 4) is 0 Å². The van der Waals surface area contributed by atoms with Crippen LogP contribution in [0.3, 0.4) is 0 Å². The molecule has 1 aromatic carbocycles. The van der Waals surface area contributed by atoms with Crippen LogP contribution < -0.4 is 0 Å². The first-order valence-corrected chi connectivity index (χ1v) is 7.03. The Hall–Kier alpha value is -1.90. The van der Waals surface area contributed by atoms with Gasteiger partial charge < -0.3 is 5.11 Å². The number of carboxylic acids is 1. The van der Waals surface area contributed by atoms with E-state index >= 15 is 0 Å². The van der Waals surface area contributed by atoms with E-state index in [1.54, 1.807) is 0 Å². The highest BCUT2D eigenvalue weighted by Gasteiger charge is 2.31. The van der Waals surface area contributed by atoms with E-state index in [0.717, 1.165) is 47.0 Å². The average Bonchev–Trinajstić information content (AvgIpc) is 2.35. The molecule has 1 heterocycles. The fourth-order valence-electron chi connectivity index (χ4n) is 3.18. The lowest BCUT2D eigenvalue weighted by molar-refractivity contribution is 0.0696. The third-order valence-electron chi connectivity index (χ3n) is 4.31. The molecule has 0 aliphatic heterocycles. The molecule has 2 aromatic rings. The van der Waals surface area contributed by atoms with Crippen molar-refractivity contribution in [1.29, 1.82) is 0 Å². The zero-order valence-electron chi connectivity index (χ0n) is 12.2. The van der Waals surface area contributed by atoms with Gasteiger partial charge in [-0.3, -0.25) is 4.98 Å². The number of carboxylic acid groups (broad SMARTS) is 1. The molecule has 0 saturated heterocycles. The smallest absolute Gasteiger partial charge is 0.336 e.